The van der Waals surface area contributed by atoms with Gasteiger partial charge in [0.05, 0.1) is 0 Å². The fourth-order valence-electron chi connectivity index (χ4n) is 3.81. The number of piperidine rings is 1. The average Bonchev–Trinajstić information content (AvgIpc) is 2.75. The first-order valence-electron chi connectivity index (χ1n) is 7.65. The first-order chi connectivity index (χ1) is 9.53. The van der Waals surface area contributed by atoms with E-state index >= 15 is 0 Å². The van der Waals surface area contributed by atoms with E-state index in [1.807, 2.05) is 11.0 Å². The van der Waals surface area contributed by atoms with Crippen molar-refractivity contribution in [2.24, 2.45) is 0 Å². The molecule has 3 heteroatoms. The van der Waals surface area contributed by atoms with Gasteiger partial charge in [-0.3, -0.25) is 4.79 Å². The Morgan fingerprint density at radius 2 is 1.85 bits per heavy atom. The number of carbonyl (C=O) groups excluding carboxylic acids is 1. The fraction of sp³-hybridized carbons (Fsp3) is 0.588. The van der Waals surface area contributed by atoms with E-state index in [2.05, 4.69) is 36.9 Å². The van der Waals surface area contributed by atoms with Gasteiger partial charge in [0.2, 0.25) is 5.91 Å². The van der Waals surface area contributed by atoms with Crippen LogP contribution in [0.25, 0.3) is 0 Å². The van der Waals surface area contributed by atoms with Crippen LogP contribution in [0.3, 0.4) is 0 Å². The first-order valence-corrected chi connectivity index (χ1v) is 7.65. The molecule has 1 aromatic rings. The minimum absolute atomic E-state index is 0.167. The number of nitrogens with zero attached hydrogens (tertiary/aromatic N) is 2. The molecule has 0 atom stereocenters. The number of hydrogen-bond donors (Lipinski definition) is 0. The maximum Gasteiger partial charge on any atom is 0.223 e. The van der Waals surface area contributed by atoms with E-state index < -0.39 is 0 Å². The van der Waals surface area contributed by atoms with Crippen molar-refractivity contribution < 1.29 is 4.79 Å². The Kier molecular flexibility index (Phi) is 3.33. The molecule has 1 amide bonds. The number of amides is 1. The van der Waals surface area contributed by atoms with Crippen molar-refractivity contribution in [3.8, 4) is 0 Å². The summed E-state index contributed by atoms with van der Waals surface area (Å²) in [5.74, 6) is 0.167. The molecule has 1 aromatic carbocycles. The lowest BCUT2D eigenvalue weighted by Crippen LogP contribution is -2.47. The molecule has 2 heterocycles. The normalized spacial score (nSPS) is 21.5. The maximum atomic E-state index is 11.9. The van der Waals surface area contributed by atoms with Gasteiger partial charge in [0, 0.05) is 30.6 Å². The van der Waals surface area contributed by atoms with Crippen LogP contribution in [0.2, 0.25) is 0 Å². The molecule has 0 aromatic heterocycles. The average molecular weight is 272 g/mol. The Bertz CT molecular complexity index is 515. The van der Waals surface area contributed by atoms with Crippen LogP contribution in [0, 0.1) is 0 Å². The van der Waals surface area contributed by atoms with Crippen molar-refractivity contribution >= 4 is 11.6 Å². The third-order valence-electron chi connectivity index (χ3n) is 5.09. The topological polar surface area (TPSA) is 23.6 Å². The van der Waals surface area contributed by atoms with E-state index in [0.717, 1.165) is 38.2 Å². The number of hydrogen-bond acceptors (Lipinski definition) is 2. The Labute approximate surface area is 121 Å². The summed E-state index contributed by atoms with van der Waals surface area (Å²) in [6, 6.07) is 9.09. The molecule has 0 saturated carbocycles. The van der Waals surface area contributed by atoms with E-state index in [0.29, 0.717) is 6.04 Å². The molecular formula is C17H24N2O. The highest BCUT2D eigenvalue weighted by Gasteiger charge is 2.45. The number of rotatable bonds is 1. The van der Waals surface area contributed by atoms with Gasteiger partial charge in [-0.05, 0) is 51.4 Å². The highest BCUT2D eigenvalue weighted by Crippen LogP contribution is 2.47. The second kappa shape index (κ2) is 4.88. The molecule has 20 heavy (non-hydrogen) atoms. The molecule has 0 bridgehead atoms. The molecule has 108 valence electrons. The Morgan fingerprint density at radius 3 is 2.45 bits per heavy atom. The second-order valence-corrected chi connectivity index (χ2v) is 6.53. The lowest BCUT2D eigenvalue weighted by atomic mass is 9.74. The fourth-order valence-corrected chi connectivity index (χ4v) is 3.81. The Hall–Kier alpha value is -1.35. The molecule has 1 saturated heterocycles. The predicted octanol–water partition coefficient (Wildman–Crippen LogP) is 2.80. The van der Waals surface area contributed by atoms with Crippen LogP contribution >= 0.6 is 0 Å². The number of likely N-dealkylation sites (tertiary alicyclic amines) is 1. The molecule has 0 N–H and O–H groups in total. The zero-order valence-electron chi connectivity index (χ0n) is 12.7. The van der Waals surface area contributed by atoms with Crippen LogP contribution < -0.4 is 4.90 Å². The molecule has 2 aliphatic rings. The van der Waals surface area contributed by atoms with Gasteiger partial charge in [-0.1, -0.05) is 18.2 Å². The van der Waals surface area contributed by atoms with Gasteiger partial charge in [-0.15, -0.1) is 0 Å². The maximum absolute atomic E-state index is 11.9. The minimum Gasteiger partial charge on any atom is -0.311 e. The van der Waals surface area contributed by atoms with Gasteiger partial charge in [-0.2, -0.15) is 0 Å². The summed E-state index contributed by atoms with van der Waals surface area (Å²) in [6.07, 6.45) is 2.32. The summed E-state index contributed by atoms with van der Waals surface area (Å²) in [5, 5.41) is 0. The van der Waals surface area contributed by atoms with Crippen LogP contribution in [0.15, 0.2) is 24.3 Å². The SMILES string of the molecule is CC(=O)N1CC2(CCN(C(C)C)CC2)c2ccccc21. The van der Waals surface area contributed by atoms with Gasteiger partial charge in [0.25, 0.3) is 0 Å². The van der Waals surface area contributed by atoms with Crippen LogP contribution in [-0.2, 0) is 10.2 Å². The van der Waals surface area contributed by atoms with Gasteiger partial charge in [-0.25, -0.2) is 0 Å². The monoisotopic (exact) mass is 272 g/mol. The Morgan fingerprint density at radius 1 is 1.20 bits per heavy atom. The van der Waals surface area contributed by atoms with E-state index in [1.165, 1.54) is 5.56 Å². The smallest absolute Gasteiger partial charge is 0.223 e. The summed E-state index contributed by atoms with van der Waals surface area (Å²) >= 11 is 0. The zero-order chi connectivity index (χ0) is 14.3. The van der Waals surface area contributed by atoms with Crippen molar-refractivity contribution in [1.29, 1.82) is 0 Å². The predicted molar refractivity (Wildman–Crippen MR) is 82.1 cm³/mol. The van der Waals surface area contributed by atoms with Crippen molar-refractivity contribution in [1.82, 2.24) is 4.90 Å². The molecule has 0 aliphatic carbocycles. The molecular weight excluding hydrogens is 248 g/mol. The van der Waals surface area contributed by atoms with Crippen molar-refractivity contribution in [3.05, 3.63) is 29.8 Å². The number of para-hydroxylation sites is 1. The summed E-state index contributed by atoms with van der Waals surface area (Å²) in [5.41, 5.74) is 2.71. The van der Waals surface area contributed by atoms with Crippen molar-refractivity contribution in [2.75, 3.05) is 24.5 Å². The van der Waals surface area contributed by atoms with E-state index in [1.54, 1.807) is 6.92 Å². The third-order valence-corrected chi connectivity index (χ3v) is 5.09. The van der Waals surface area contributed by atoms with Crippen LogP contribution in [0.5, 0.6) is 0 Å². The summed E-state index contributed by atoms with van der Waals surface area (Å²) < 4.78 is 0. The number of fused-ring (bicyclic) bond motifs is 2. The van der Waals surface area contributed by atoms with Gasteiger partial charge < -0.3 is 9.80 Å². The molecule has 0 unspecified atom stereocenters. The van der Waals surface area contributed by atoms with Gasteiger partial charge in [0.15, 0.2) is 0 Å². The molecule has 3 rings (SSSR count). The quantitative estimate of drug-likeness (QED) is 0.785. The third kappa shape index (κ3) is 2.05. The van der Waals surface area contributed by atoms with Crippen LogP contribution in [0.4, 0.5) is 5.69 Å². The van der Waals surface area contributed by atoms with Crippen LogP contribution in [0.1, 0.15) is 39.2 Å². The standard InChI is InChI=1S/C17H24N2O/c1-13(2)18-10-8-17(9-11-18)12-19(14(3)20)16-7-5-4-6-15(16)17/h4-7,13H,8-12H2,1-3H3. The van der Waals surface area contributed by atoms with E-state index in [-0.39, 0.29) is 11.3 Å². The minimum atomic E-state index is 0.167. The molecule has 2 aliphatic heterocycles. The number of anilines is 1. The number of benzene rings is 1. The lowest BCUT2D eigenvalue weighted by molar-refractivity contribution is -0.116. The summed E-state index contributed by atoms with van der Waals surface area (Å²) in [4.78, 5) is 16.4. The Balaban J connectivity index is 1.91. The van der Waals surface area contributed by atoms with Crippen LogP contribution in [-0.4, -0.2) is 36.5 Å². The van der Waals surface area contributed by atoms with E-state index in [9.17, 15) is 4.79 Å². The number of carbonyl (C=O) groups is 1. The summed E-state index contributed by atoms with van der Waals surface area (Å²) in [7, 11) is 0. The van der Waals surface area contributed by atoms with Crippen molar-refractivity contribution in [2.45, 2.75) is 45.1 Å². The lowest BCUT2D eigenvalue weighted by Gasteiger charge is -2.41. The largest absolute Gasteiger partial charge is 0.311 e. The molecule has 1 fully saturated rings. The highest BCUT2D eigenvalue weighted by atomic mass is 16.2. The molecule has 1 spiro atoms. The highest BCUT2D eigenvalue weighted by molar-refractivity contribution is 5.94. The summed E-state index contributed by atoms with van der Waals surface area (Å²) in [6.45, 7) is 9.35. The molecule has 3 nitrogen and oxygen atoms in total. The zero-order valence-corrected chi connectivity index (χ0v) is 12.7. The second-order valence-electron chi connectivity index (χ2n) is 6.53. The molecule has 0 radical (unpaired) electrons. The first kappa shape index (κ1) is 13.6. The van der Waals surface area contributed by atoms with E-state index in [4.69, 9.17) is 0 Å². The van der Waals surface area contributed by atoms with Gasteiger partial charge in [0.1, 0.15) is 0 Å². The van der Waals surface area contributed by atoms with Gasteiger partial charge >= 0.3 is 0 Å². The van der Waals surface area contributed by atoms with Crippen molar-refractivity contribution in [3.63, 3.8) is 0 Å².